The molecule has 0 aliphatic heterocycles. The number of benzene rings is 2. The van der Waals surface area contributed by atoms with E-state index in [1.165, 1.54) is 0 Å². The summed E-state index contributed by atoms with van der Waals surface area (Å²) in [4.78, 5) is 15.8. The fraction of sp³-hybridized carbons (Fsp3) is 0.438. The highest BCUT2D eigenvalue weighted by atomic mass is 28.4. The molecule has 0 saturated heterocycles. The number of rotatable bonds is 11. The molecule has 1 aliphatic carbocycles. The first-order chi connectivity index (χ1) is 18.4. The van der Waals surface area contributed by atoms with E-state index >= 15 is 0 Å². The van der Waals surface area contributed by atoms with Crippen molar-refractivity contribution in [2.75, 3.05) is 6.61 Å². The van der Waals surface area contributed by atoms with Gasteiger partial charge in [0.15, 0.2) is 8.32 Å². The zero-order valence-corrected chi connectivity index (χ0v) is 25.1. The highest BCUT2D eigenvalue weighted by Gasteiger charge is 2.37. The zero-order valence-electron chi connectivity index (χ0n) is 24.1. The Kier molecular flexibility index (Phi) is 8.82. The number of aliphatic carboxylic acids is 1. The van der Waals surface area contributed by atoms with E-state index < -0.39 is 14.3 Å². The number of aryl methyl sites for hydroxylation is 1. The van der Waals surface area contributed by atoms with Crippen LogP contribution in [0.4, 0.5) is 0 Å². The average molecular weight is 548 g/mol. The first-order valence-corrected chi connectivity index (χ1v) is 16.7. The van der Waals surface area contributed by atoms with E-state index in [0.29, 0.717) is 31.9 Å². The third-order valence-electron chi connectivity index (χ3n) is 7.97. The molecule has 3 aromatic rings. The van der Waals surface area contributed by atoms with E-state index in [0.717, 1.165) is 57.9 Å². The van der Waals surface area contributed by atoms with Gasteiger partial charge in [-0.3, -0.25) is 4.79 Å². The summed E-state index contributed by atoms with van der Waals surface area (Å²) in [7, 11) is -1.79. The third kappa shape index (κ3) is 7.08. The van der Waals surface area contributed by atoms with Gasteiger partial charge in [-0.15, -0.1) is 0 Å². The molecule has 7 heteroatoms. The van der Waals surface area contributed by atoms with Crippen LogP contribution in [0.5, 0.6) is 5.75 Å². The minimum atomic E-state index is -1.79. The van der Waals surface area contributed by atoms with Gasteiger partial charge in [0, 0.05) is 24.0 Å². The van der Waals surface area contributed by atoms with Crippen LogP contribution in [0.25, 0.3) is 17.0 Å². The molecule has 0 amide bonds. The van der Waals surface area contributed by atoms with E-state index in [4.69, 9.17) is 23.7 Å². The molecular weight excluding hydrogens is 506 g/mol. The van der Waals surface area contributed by atoms with Crippen molar-refractivity contribution in [3.05, 3.63) is 76.7 Å². The number of nitrogens with zero attached hydrogens (tertiary/aromatic N) is 1. The molecule has 0 atom stereocenters. The highest BCUT2D eigenvalue weighted by Crippen LogP contribution is 2.37. The maximum Gasteiger partial charge on any atom is 0.303 e. The first-order valence-electron chi connectivity index (χ1n) is 13.8. The molecule has 39 heavy (non-hydrogen) atoms. The number of ether oxygens (including phenoxy) is 1. The lowest BCUT2D eigenvalue weighted by Gasteiger charge is -2.36. The van der Waals surface area contributed by atoms with Crippen molar-refractivity contribution in [1.29, 1.82) is 0 Å². The molecule has 1 heterocycles. The molecule has 1 N–H and O–H groups in total. The monoisotopic (exact) mass is 547 g/mol. The second kappa shape index (κ2) is 11.9. The Hall–Kier alpha value is -3.16. The van der Waals surface area contributed by atoms with Crippen LogP contribution in [0.2, 0.25) is 18.1 Å². The topological polar surface area (TPSA) is 81.8 Å². The Morgan fingerprint density at radius 1 is 1.10 bits per heavy atom. The standard InChI is InChI=1S/C32H41NO5Si/c1-22-28(19-20-36-29-12-8-10-26-24(17-18-30(34)35)9-7-11-27(26)29)33-31(38-22)25-15-13-23(14-16-25)21-37-39(5,6)32(2,3)4/h8-10,12-16H,7,11,17-21H2,1-6H3,(H,34,35). The summed E-state index contributed by atoms with van der Waals surface area (Å²) in [6, 6.07) is 14.3. The van der Waals surface area contributed by atoms with Gasteiger partial charge in [0.05, 0.1) is 18.9 Å². The second-order valence-electron chi connectivity index (χ2n) is 11.8. The highest BCUT2D eigenvalue weighted by molar-refractivity contribution is 6.74. The van der Waals surface area contributed by atoms with Gasteiger partial charge in [0.1, 0.15) is 11.5 Å². The molecule has 0 spiro atoms. The molecule has 0 unspecified atom stereocenters. The Morgan fingerprint density at radius 2 is 1.85 bits per heavy atom. The summed E-state index contributed by atoms with van der Waals surface area (Å²) in [6.45, 7) is 14.3. The van der Waals surface area contributed by atoms with Gasteiger partial charge in [-0.1, -0.05) is 51.1 Å². The van der Waals surface area contributed by atoms with Crippen LogP contribution in [0.15, 0.2) is 53.0 Å². The number of aromatic nitrogens is 1. The van der Waals surface area contributed by atoms with Crippen molar-refractivity contribution in [1.82, 2.24) is 4.98 Å². The second-order valence-corrected chi connectivity index (χ2v) is 16.6. The van der Waals surface area contributed by atoms with Crippen molar-refractivity contribution in [2.45, 2.75) is 84.5 Å². The number of oxazole rings is 1. The summed E-state index contributed by atoms with van der Waals surface area (Å²) < 4.78 is 18.6. The van der Waals surface area contributed by atoms with Crippen LogP contribution in [0, 0.1) is 6.92 Å². The van der Waals surface area contributed by atoms with Gasteiger partial charge in [0.25, 0.3) is 0 Å². The molecule has 6 nitrogen and oxygen atoms in total. The van der Waals surface area contributed by atoms with Crippen molar-refractivity contribution in [3.63, 3.8) is 0 Å². The van der Waals surface area contributed by atoms with Crippen molar-refractivity contribution in [3.8, 4) is 17.2 Å². The Bertz CT molecular complexity index is 1330. The number of carbonyl (C=O) groups is 1. The molecule has 0 fully saturated rings. The lowest BCUT2D eigenvalue weighted by Crippen LogP contribution is -2.40. The van der Waals surface area contributed by atoms with Crippen LogP contribution in [-0.2, 0) is 28.7 Å². The number of hydrogen-bond acceptors (Lipinski definition) is 5. The van der Waals surface area contributed by atoms with E-state index in [1.807, 2.05) is 31.2 Å². The minimum Gasteiger partial charge on any atom is -0.493 e. The number of carboxylic acids is 1. The lowest BCUT2D eigenvalue weighted by atomic mass is 9.88. The predicted octanol–water partition coefficient (Wildman–Crippen LogP) is 7.99. The molecule has 0 bridgehead atoms. The minimum absolute atomic E-state index is 0.136. The van der Waals surface area contributed by atoms with Gasteiger partial charge < -0.3 is 18.7 Å². The number of hydrogen-bond donors (Lipinski definition) is 1. The first kappa shape index (κ1) is 28.8. The van der Waals surface area contributed by atoms with Crippen LogP contribution in [0.1, 0.15) is 68.2 Å². The van der Waals surface area contributed by atoms with E-state index in [2.05, 4.69) is 58.1 Å². The molecule has 1 aromatic heterocycles. The van der Waals surface area contributed by atoms with Gasteiger partial charge in [0.2, 0.25) is 5.89 Å². The van der Waals surface area contributed by atoms with Crippen molar-refractivity contribution in [2.24, 2.45) is 0 Å². The fourth-order valence-electron chi connectivity index (χ4n) is 4.50. The normalized spacial score (nSPS) is 13.6. The average Bonchev–Trinajstić information content (AvgIpc) is 3.26. The lowest BCUT2D eigenvalue weighted by molar-refractivity contribution is -0.136. The molecule has 4 rings (SSSR count). The van der Waals surface area contributed by atoms with Gasteiger partial charge in [-0.25, -0.2) is 4.98 Å². The maximum atomic E-state index is 11.1. The smallest absolute Gasteiger partial charge is 0.303 e. The SMILES string of the molecule is Cc1oc(-c2ccc(CO[Si](C)(C)C(C)(C)C)cc2)nc1CCOc1cccc2c1CCC=C2CCC(=O)O. The van der Waals surface area contributed by atoms with E-state index in [9.17, 15) is 4.79 Å². The number of allylic oxidation sites excluding steroid dienone is 2. The molecule has 208 valence electrons. The van der Waals surface area contributed by atoms with Crippen molar-refractivity contribution < 1.29 is 23.5 Å². The quantitative estimate of drug-likeness (QED) is 0.245. The fourth-order valence-corrected chi connectivity index (χ4v) is 5.46. The predicted molar refractivity (Wildman–Crippen MR) is 157 cm³/mol. The van der Waals surface area contributed by atoms with Crippen LogP contribution in [0.3, 0.4) is 0 Å². The number of carboxylic acid groups (broad SMARTS) is 1. The Labute approximate surface area is 233 Å². The Balaban J connectivity index is 1.36. The summed E-state index contributed by atoms with van der Waals surface area (Å²) >= 11 is 0. The summed E-state index contributed by atoms with van der Waals surface area (Å²) in [5.74, 6) is 1.51. The third-order valence-corrected chi connectivity index (χ3v) is 12.4. The van der Waals surface area contributed by atoms with Gasteiger partial charge >= 0.3 is 5.97 Å². The Morgan fingerprint density at radius 3 is 2.54 bits per heavy atom. The van der Waals surface area contributed by atoms with Crippen LogP contribution in [-0.4, -0.2) is 31.0 Å². The van der Waals surface area contributed by atoms with E-state index in [-0.39, 0.29) is 11.5 Å². The molecular formula is C32H41NO5Si. The molecule has 0 radical (unpaired) electrons. The molecule has 2 aromatic carbocycles. The molecule has 0 saturated carbocycles. The van der Waals surface area contributed by atoms with Crippen molar-refractivity contribution >= 4 is 19.9 Å². The van der Waals surface area contributed by atoms with Crippen LogP contribution >= 0.6 is 0 Å². The van der Waals surface area contributed by atoms with Gasteiger partial charge in [-0.2, -0.15) is 0 Å². The number of fused-ring (bicyclic) bond motifs is 1. The van der Waals surface area contributed by atoms with E-state index in [1.54, 1.807) is 0 Å². The summed E-state index contributed by atoms with van der Waals surface area (Å²) in [6.07, 6.45) is 5.26. The van der Waals surface area contributed by atoms with Gasteiger partial charge in [-0.05, 0) is 79.2 Å². The summed E-state index contributed by atoms with van der Waals surface area (Å²) in [5.41, 5.74) is 6.35. The zero-order chi connectivity index (χ0) is 28.2. The summed E-state index contributed by atoms with van der Waals surface area (Å²) in [5, 5.41) is 9.27. The largest absolute Gasteiger partial charge is 0.493 e. The van der Waals surface area contributed by atoms with Crippen LogP contribution < -0.4 is 4.74 Å². The molecule has 1 aliphatic rings. The maximum absolute atomic E-state index is 11.1.